The molecule has 1 heterocycles. The minimum Gasteiger partial charge on any atom is -0.363 e. The number of nitrogens with zero attached hydrogens (tertiary/aromatic N) is 2. The Balaban J connectivity index is 2.15. The van der Waals surface area contributed by atoms with E-state index in [9.17, 15) is 9.59 Å². The van der Waals surface area contributed by atoms with Crippen LogP contribution in [-0.2, 0) is 4.79 Å². The summed E-state index contributed by atoms with van der Waals surface area (Å²) in [7, 11) is 0. The molecule has 2 aromatic rings. The second-order valence-electron chi connectivity index (χ2n) is 4.59. The number of aromatic nitrogens is 3. The zero-order chi connectivity index (χ0) is 14.7. The number of rotatable bonds is 4. The average Bonchev–Trinajstić information content (AvgIpc) is 2.89. The lowest BCUT2D eigenvalue weighted by Gasteiger charge is -2.07. The normalized spacial score (nSPS) is 10.6. The third-order valence-corrected chi connectivity index (χ3v) is 2.65. The van der Waals surface area contributed by atoms with E-state index in [1.165, 1.54) is 0 Å². The standard InChI is InChI=1S/C13H15N5O2/c1-7(2)13(20)15-9-5-3-8(4-6-9)11-16-12(10(14)19)18-17-11/h3-7H,1-2H3,(H2,14,19)(H,15,20)(H,16,17,18). The summed E-state index contributed by atoms with van der Waals surface area (Å²) in [5.74, 6) is -0.408. The third-order valence-electron chi connectivity index (χ3n) is 2.65. The zero-order valence-electron chi connectivity index (χ0n) is 11.2. The molecule has 0 atom stereocenters. The van der Waals surface area contributed by atoms with E-state index < -0.39 is 5.91 Å². The van der Waals surface area contributed by atoms with Crippen molar-refractivity contribution in [3.8, 4) is 11.4 Å². The zero-order valence-corrected chi connectivity index (χ0v) is 11.2. The van der Waals surface area contributed by atoms with E-state index in [4.69, 9.17) is 5.73 Å². The number of aromatic amines is 1. The lowest BCUT2D eigenvalue weighted by Crippen LogP contribution is -2.17. The first-order valence-electron chi connectivity index (χ1n) is 6.11. The highest BCUT2D eigenvalue weighted by Crippen LogP contribution is 2.18. The molecule has 7 nitrogen and oxygen atoms in total. The Bertz CT molecular complexity index is 630. The maximum Gasteiger partial charge on any atom is 0.286 e. The van der Waals surface area contributed by atoms with Gasteiger partial charge in [0, 0.05) is 17.2 Å². The smallest absolute Gasteiger partial charge is 0.286 e. The van der Waals surface area contributed by atoms with Gasteiger partial charge in [0.15, 0.2) is 5.82 Å². The van der Waals surface area contributed by atoms with Gasteiger partial charge in [0.1, 0.15) is 0 Å². The molecule has 0 unspecified atom stereocenters. The third kappa shape index (κ3) is 3.00. The van der Waals surface area contributed by atoms with Crippen LogP contribution in [0.3, 0.4) is 0 Å². The van der Waals surface area contributed by atoms with Crippen LogP contribution in [0.25, 0.3) is 11.4 Å². The van der Waals surface area contributed by atoms with E-state index in [1.54, 1.807) is 24.3 Å². The van der Waals surface area contributed by atoms with Crippen LogP contribution in [0.2, 0.25) is 0 Å². The average molecular weight is 273 g/mol. The predicted molar refractivity (Wildman–Crippen MR) is 73.8 cm³/mol. The number of amides is 2. The molecule has 2 rings (SSSR count). The van der Waals surface area contributed by atoms with E-state index in [-0.39, 0.29) is 17.6 Å². The Labute approximate surface area is 115 Å². The maximum absolute atomic E-state index is 11.6. The van der Waals surface area contributed by atoms with Gasteiger partial charge in [-0.3, -0.25) is 14.7 Å². The van der Waals surface area contributed by atoms with Crippen LogP contribution in [0.1, 0.15) is 24.5 Å². The largest absolute Gasteiger partial charge is 0.363 e. The number of carbonyl (C=O) groups is 2. The summed E-state index contributed by atoms with van der Waals surface area (Å²) in [5.41, 5.74) is 6.50. The molecule has 0 radical (unpaired) electrons. The van der Waals surface area contributed by atoms with Crippen molar-refractivity contribution in [2.24, 2.45) is 11.7 Å². The number of anilines is 1. The van der Waals surface area contributed by atoms with Gasteiger partial charge in [-0.25, -0.2) is 4.98 Å². The van der Waals surface area contributed by atoms with Gasteiger partial charge in [0.05, 0.1) is 0 Å². The van der Waals surface area contributed by atoms with Crippen LogP contribution in [0, 0.1) is 5.92 Å². The van der Waals surface area contributed by atoms with Crippen LogP contribution in [0.15, 0.2) is 24.3 Å². The first-order valence-corrected chi connectivity index (χ1v) is 6.11. The van der Waals surface area contributed by atoms with Crippen molar-refractivity contribution in [1.29, 1.82) is 0 Å². The Morgan fingerprint density at radius 2 is 1.90 bits per heavy atom. The minimum absolute atomic E-state index is 0.0113. The van der Waals surface area contributed by atoms with Crippen LogP contribution in [0.4, 0.5) is 5.69 Å². The second kappa shape index (κ2) is 5.52. The molecule has 0 aliphatic carbocycles. The lowest BCUT2D eigenvalue weighted by atomic mass is 10.1. The molecule has 0 spiro atoms. The van der Waals surface area contributed by atoms with Crippen LogP contribution >= 0.6 is 0 Å². The lowest BCUT2D eigenvalue weighted by molar-refractivity contribution is -0.118. The predicted octanol–water partition coefficient (Wildman–Crippen LogP) is 1.17. The van der Waals surface area contributed by atoms with Gasteiger partial charge in [0.25, 0.3) is 5.91 Å². The fourth-order valence-corrected chi connectivity index (χ4v) is 1.49. The van der Waals surface area contributed by atoms with Gasteiger partial charge < -0.3 is 11.1 Å². The highest BCUT2D eigenvalue weighted by molar-refractivity contribution is 5.92. The monoisotopic (exact) mass is 273 g/mol. The van der Waals surface area contributed by atoms with Crippen LogP contribution in [-0.4, -0.2) is 27.0 Å². The van der Waals surface area contributed by atoms with Crippen molar-refractivity contribution in [1.82, 2.24) is 15.2 Å². The maximum atomic E-state index is 11.6. The van der Waals surface area contributed by atoms with Crippen molar-refractivity contribution in [2.75, 3.05) is 5.32 Å². The van der Waals surface area contributed by atoms with E-state index in [0.29, 0.717) is 11.5 Å². The molecule has 20 heavy (non-hydrogen) atoms. The molecule has 1 aromatic carbocycles. The molecule has 0 fully saturated rings. The van der Waals surface area contributed by atoms with Gasteiger partial charge in [-0.2, -0.15) is 5.10 Å². The quantitative estimate of drug-likeness (QED) is 0.775. The number of hydrogen-bond donors (Lipinski definition) is 3. The summed E-state index contributed by atoms with van der Waals surface area (Å²) in [6, 6.07) is 7.00. The first-order chi connectivity index (χ1) is 9.47. The van der Waals surface area contributed by atoms with Crippen molar-refractivity contribution < 1.29 is 9.59 Å². The van der Waals surface area contributed by atoms with Crippen molar-refractivity contribution in [3.05, 3.63) is 30.1 Å². The Morgan fingerprint density at radius 3 is 2.40 bits per heavy atom. The van der Waals surface area contributed by atoms with Crippen LogP contribution in [0.5, 0.6) is 0 Å². The molecule has 7 heteroatoms. The topological polar surface area (TPSA) is 114 Å². The summed E-state index contributed by atoms with van der Waals surface area (Å²) in [6.45, 7) is 3.64. The summed E-state index contributed by atoms with van der Waals surface area (Å²) >= 11 is 0. The molecule has 4 N–H and O–H groups in total. The van der Waals surface area contributed by atoms with Crippen molar-refractivity contribution in [3.63, 3.8) is 0 Å². The molecule has 0 aliphatic rings. The molecule has 0 saturated carbocycles. The number of nitrogens with two attached hydrogens (primary N) is 1. The number of hydrogen-bond acceptors (Lipinski definition) is 4. The minimum atomic E-state index is -0.662. The molecule has 2 amide bonds. The highest BCUT2D eigenvalue weighted by atomic mass is 16.2. The van der Waals surface area contributed by atoms with Gasteiger partial charge in [-0.05, 0) is 24.3 Å². The molecule has 0 saturated heterocycles. The number of H-pyrrole nitrogens is 1. The summed E-state index contributed by atoms with van der Waals surface area (Å²) in [6.07, 6.45) is 0. The molecular formula is C13H15N5O2. The number of benzene rings is 1. The van der Waals surface area contributed by atoms with Gasteiger partial charge in [-0.15, -0.1) is 0 Å². The number of carbonyl (C=O) groups excluding carboxylic acids is 2. The summed E-state index contributed by atoms with van der Waals surface area (Å²) < 4.78 is 0. The fourth-order valence-electron chi connectivity index (χ4n) is 1.49. The van der Waals surface area contributed by atoms with Crippen LogP contribution < -0.4 is 11.1 Å². The summed E-state index contributed by atoms with van der Waals surface area (Å²) in [5, 5.41) is 9.14. The van der Waals surface area contributed by atoms with E-state index in [2.05, 4.69) is 20.5 Å². The van der Waals surface area contributed by atoms with E-state index in [1.807, 2.05) is 13.8 Å². The van der Waals surface area contributed by atoms with Crippen molar-refractivity contribution in [2.45, 2.75) is 13.8 Å². The van der Waals surface area contributed by atoms with Crippen molar-refractivity contribution >= 4 is 17.5 Å². The van der Waals surface area contributed by atoms with Gasteiger partial charge in [-0.1, -0.05) is 13.8 Å². The Hall–Kier alpha value is -2.70. The Kier molecular flexibility index (Phi) is 3.79. The highest BCUT2D eigenvalue weighted by Gasteiger charge is 2.10. The molecule has 1 aromatic heterocycles. The summed E-state index contributed by atoms with van der Waals surface area (Å²) in [4.78, 5) is 26.4. The van der Waals surface area contributed by atoms with E-state index in [0.717, 1.165) is 5.56 Å². The first kappa shape index (κ1) is 13.7. The number of nitrogens with one attached hydrogen (secondary N) is 2. The molecule has 0 bridgehead atoms. The van der Waals surface area contributed by atoms with E-state index >= 15 is 0 Å². The fraction of sp³-hybridized carbons (Fsp3) is 0.231. The number of primary amides is 1. The molecule has 0 aliphatic heterocycles. The van der Waals surface area contributed by atoms with Gasteiger partial charge in [0.2, 0.25) is 11.7 Å². The SMILES string of the molecule is CC(C)C(=O)Nc1ccc(-c2n[nH]c(C(N)=O)n2)cc1. The van der Waals surface area contributed by atoms with Gasteiger partial charge >= 0.3 is 0 Å². The molecule has 104 valence electrons. The molecular weight excluding hydrogens is 258 g/mol. The Morgan fingerprint density at radius 1 is 1.25 bits per heavy atom. The second-order valence-corrected chi connectivity index (χ2v) is 4.59.